The fraction of sp³-hybridized carbons (Fsp3) is 0.800. The highest BCUT2D eigenvalue weighted by Gasteiger charge is 2.42. The van der Waals surface area contributed by atoms with Gasteiger partial charge >= 0.3 is 0 Å². The maximum absolute atomic E-state index is 11.9. The Bertz CT molecular complexity index is 276. The number of amides is 1. The van der Waals surface area contributed by atoms with Crippen LogP contribution in [0.25, 0.3) is 0 Å². The molecule has 1 amide bonds. The molecular formula is C10H15BrN2O. The number of nitriles is 1. The van der Waals surface area contributed by atoms with E-state index in [-0.39, 0.29) is 16.8 Å². The number of alkyl halides is 1. The van der Waals surface area contributed by atoms with E-state index in [2.05, 4.69) is 22.0 Å². The molecule has 78 valence electrons. The molecule has 0 spiro atoms. The molecule has 1 unspecified atom stereocenters. The molecule has 1 rings (SSSR count). The minimum absolute atomic E-state index is 0.0130. The number of rotatable bonds is 3. The minimum Gasteiger partial charge on any atom is -0.321 e. The van der Waals surface area contributed by atoms with E-state index < -0.39 is 5.54 Å². The largest absolute Gasteiger partial charge is 0.321 e. The first-order valence-corrected chi connectivity index (χ1v) is 5.70. The topological polar surface area (TPSA) is 44.1 Å². The van der Waals surface area contributed by atoms with Gasteiger partial charge in [-0.3, -0.25) is 4.79 Å². The lowest BCUT2D eigenvalue weighted by atomic mass is 10.0. The van der Waals surface area contributed by atoms with Crippen LogP contribution in [0.4, 0.5) is 0 Å². The lowest BCUT2D eigenvalue weighted by molar-refractivity contribution is -0.134. The molecule has 0 aromatic rings. The van der Waals surface area contributed by atoms with Crippen molar-refractivity contribution in [1.82, 2.24) is 4.90 Å². The molecule has 0 saturated heterocycles. The van der Waals surface area contributed by atoms with Crippen LogP contribution in [0.3, 0.4) is 0 Å². The molecule has 0 aromatic carbocycles. The van der Waals surface area contributed by atoms with Gasteiger partial charge in [0.15, 0.2) is 0 Å². The van der Waals surface area contributed by atoms with Gasteiger partial charge in [0.05, 0.1) is 10.9 Å². The maximum Gasteiger partial charge on any atom is 0.237 e. The van der Waals surface area contributed by atoms with Gasteiger partial charge < -0.3 is 4.90 Å². The van der Waals surface area contributed by atoms with Crippen molar-refractivity contribution in [3.05, 3.63) is 0 Å². The highest BCUT2D eigenvalue weighted by atomic mass is 79.9. The van der Waals surface area contributed by atoms with E-state index in [0.29, 0.717) is 0 Å². The Morgan fingerprint density at radius 2 is 2.14 bits per heavy atom. The van der Waals surface area contributed by atoms with Gasteiger partial charge in [-0.1, -0.05) is 15.9 Å². The van der Waals surface area contributed by atoms with Crippen LogP contribution in [0, 0.1) is 11.3 Å². The lowest BCUT2D eigenvalue weighted by Gasteiger charge is -2.34. The Labute approximate surface area is 93.2 Å². The summed E-state index contributed by atoms with van der Waals surface area (Å²) in [5.41, 5.74) is -0.694. The van der Waals surface area contributed by atoms with Gasteiger partial charge in [-0.05, 0) is 33.6 Å². The molecule has 4 heteroatoms. The molecule has 14 heavy (non-hydrogen) atoms. The summed E-state index contributed by atoms with van der Waals surface area (Å²) in [5, 5.41) is 9.01. The Kier molecular flexibility index (Phi) is 3.20. The number of nitrogens with zero attached hydrogens (tertiary/aromatic N) is 2. The van der Waals surface area contributed by atoms with Gasteiger partial charge in [-0.15, -0.1) is 0 Å². The summed E-state index contributed by atoms with van der Waals surface area (Å²) in [6, 6.07) is 2.46. The fourth-order valence-electron chi connectivity index (χ4n) is 1.49. The number of halogens is 1. The van der Waals surface area contributed by atoms with E-state index in [0.717, 1.165) is 12.8 Å². The molecule has 3 nitrogen and oxygen atoms in total. The van der Waals surface area contributed by atoms with Crippen molar-refractivity contribution in [2.24, 2.45) is 0 Å². The van der Waals surface area contributed by atoms with Crippen molar-refractivity contribution >= 4 is 21.8 Å². The second-order valence-corrected chi connectivity index (χ2v) is 5.60. The summed E-state index contributed by atoms with van der Waals surface area (Å²) in [7, 11) is 0. The van der Waals surface area contributed by atoms with Gasteiger partial charge in [0.25, 0.3) is 0 Å². The third-order valence-electron chi connectivity index (χ3n) is 2.37. The molecule has 1 saturated carbocycles. The van der Waals surface area contributed by atoms with E-state index in [9.17, 15) is 4.79 Å². The molecule has 1 aliphatic rings. The van der Waals surface area contributed by atoms with Crippen molar-refractivity contribution in [3.8, 4) is 6.07 Å². The van der Waals surface area contributed by atoms with E-state index in [1.165, 1.54) is 0 Å². The molecule has 0 aromatic heterocycles. The summed E-state index contributed by atoms with van der Waals surface area (Å²) in [4.78, 5) is 13.4. The van der Waals surface area contributed by atoms with Gasteiger partial charge in [0.2, 0.25) is 5.91 Å². The molecular weight excluding hydrogens is 244 g/mol. The Hall–Kier alpha value is -0.560. The minimum atomic E-state index is -0.694. The summed E-state index contributed by atoms with van der Waals surface area (Å²) in [5.74, 6) is 0.0130. The number of hydrogen-bond acceptors (Lipinski definition) is 2. The Morgan fingerprint density at radius 3 is 2.43 bits per heavy atom. The number of carbonyl (C=O) groups excluding carboxylic acids is 1. The highest BCUT2D eigenvalue weighted by Crippen LogP contribution is 2.33. The van der Waals surface area contributed by atoms with Crippen molar-refractivity contribution in [2.75, 3.05) is 0 Å². The van der Waals surface area contributed by atoms with Crippen molar-refractivity contribution < 1.29 is 4.79 Å². The summed E-state index contributed by atoms with van der Waals surface area (Å²) in [6.07, 6.45) is 2.05. The van der Waals surface area contributed by atoms with Crippen LogP contribution in [0.15, 0.2) is 0 Å². The molecule has 1 atom stereocenters. The monoisotopic (exact) mass is 258 g/mol. The van der Waals surface area contributed by atoms with E-state index >= 15 is 0 Å². The molecule has 0 heterocycles. The number of carbonyl (C=O) groups is 1. The second-order valence-electron chi connectivity index (χ2n) is 4.23. The smallest absolute Gasteiger partial charge is 0.237 e. The zero-order chi connectivity index (χ0) is 10.9. The Balaban J connectivity index is 2.85. The number of hydrogen-bond donors (Lipinski definition) is 0. The first-order valence-electron chi connectivity index (χ1n) is 4.78. The normalized spacial score (nSPS) is 18.5. The van der Waals surface area contributed by atoms with Gasteiger partial charge in [-0.2, -0.15) is 5.26 Å². The van der Waals surface area contributed by atoms with Crippen LogP contribution in [-0.4, -0.2) is 27.2 Å². The van der Waals surface area contributed by atoms with E-state index in [1.807, 2.05) is 0 Å². The average molecular weight is 259 g/mol. The Morgan fingerprint density at radius 1 is 1.64 bits per heavy atom. The predicted molar refractivity (Wildman–Crippen MR) is 57.9 cm³/mol. The first-order chi connectivity index (χ1) is 6.40. The SMILES string of the molecule is CC(Br)C(=O)N(C1CC1)C(C)(C)C#N. The third kappa shape index (κ3) is 2.27. The zero-order valence-electron chi connectivity index (χ0n) is 8.75. The van der Waals surface area contributed by atoms with Crippen LogP contribution in [0.2, 0.25) is 0 Å². The van der Waals surface area contributed by atoms with Gasteiger partial charge in [0.1, 0.15) is 5.54 Å². The van der Waals surface area contributed by atoms with Crippen LogP contribution < -0.4 is 0 Å². The zero-order valence-corrected chi connectivity index (χ0v) is 10.3. The maximum atomic E-state index is 11.9. The first kappa shape index (κ1) is 11.5. The summed E-state index contributed by atoms with van der Waals surface area (Å²) >= 11 is 3.26. The van der Waals surface area contributed by atoms with Crippen molar-refractivity contribution in [3.63, 3.8) is 0 Å². The molecule has 1 fully saturated rings. The highest BCUT2D eigenvalue weighted by molar-refractivity contribution is 9.10. The van der Waals surface area contributed by atoms with Gasteiger partial charge in [-0.25, -0.2) is 0 Å². The van der Waals surface area contributed by atoms with E-state index in [1.54, 1.807) is 25.7 Å². The second kappa shape index (κ2) is 3.90. The quantitative estimate of drug-likeness (QED) is 0.728. The van der Waals surface area contributed by atoms with Crippen LogP contribution in [0.5, 0.6) is 0 Å². The summed E-state index contributed by atoms with van der Waals surface area (Å²) < 4.78 is 0. The van der Waals surface area contributed by atoms with E-state index in [4.69, 9.17) is 5.26 Å². The van der Waals surface area contributed by atoms with Crippen LogP contribution >= 0.6 is 15.9 Å². The van der Waals surface area contributed by atoms with Crippen LogP contribution in [-0.2, 0) is 4.79 Å². The predicted octanol–water partition coefficient (Wildman–Crippen LogP) is 2.06. The molecule has 0 radical (unpaired) electrons. The van der Waals surface area contributed by atoms with Gasteiger partial charge in [0, 0.05) is 6.04 Å². The fourth-order valence-corrected chi connectivity index (χ4v) is 1.71. The van der Waals surface area contributed by atoms with Crippen molar-refractivity contribution in [1.29, 1.82) is 5.26 Å². The van der Waals surface area contributed by atoms with Crippen molar-refractivity contribution in [2.45, 2.75) is 50.0 Å². The molecule has 0 aliphatic heterocycles. The molecule has 1 aliphatic carbocycles. The summed E-state index contributed by atoms with van der Waals surface area (Å²) in [6.45, 7) is 5.38. The average Bonchev–Trinajstić information content (AvgIpc) is 2.88. The molecule has 0 bridgehead atoms. The lowest BCUT2D eigenvalue weighted by Crippen LogP contribution is -2.50. The molecule has 0 N–H and O–H groups in total. The standard InChI is InChI=1S/C10H15BrN2O/c1-7(11)9(14)13(8-4-5-8)10(2,3)6-12/h7-8H,4-5H2,1-3H3. The third-order valence-corrected chi connectivity index (χ3v) is 2.76. The van der Waals surface area contributed by atoms with Crippen LogP contribution in [0.1, 0.15) is 33.6 Å².